The number of aryl methyl sites for hydroxylation is 2. The molecule has 1 radical (unpaired) electrons. The van der Waals surface area contributed by atoms with Crippen LogP contribution in [-0.4, -0.2) is 13.0 Å². The van der Waals surface area contributed by atoms with Gasteiger partial charge < -0.3 is 16.6 Å². The van der Waals surface area contributed by atoms with Crippen LogP contribution in [0.5, 0.6) is 0 Å². The summed E-state index contributed by atoms with van der Waals surface area (Å²) in [5.41, 5.74) is 3.10. The van der Waals surface area contributed by atoms with Crippen molar-refractivity contribution in [3.8, 4) is 0 Å². The second kappa shape index (κ2) is 5.52. The smallest absolute Gasteiger partial charge is 0.0846 e. The average Bonchev–Trinajstić information content (AvgIpc) is 2.08. The maximum Gasteiger partial charge on any atom is 0.0846 e. The monoisotopic (exact) mass is 264 g/mol. The Kier molecular flexibility index (Phi) is 5.39. The summed E-state index contributed by atoms with van der Waals surface area (Å²) in [6, 6.07) is 6.83. The molecule has 1 aromatic rings. The summed E-state index contributed by atoms with van der Waals surface area (Å²) in [4.78, 5) is 12.4. The third kappa shape index (κ3) is 3.11. The van der Waals surface area contributed by atoms with Crippen molar-refractivity contribution in [2.24, 2.45) is 0 Å². The topological polar surface area (TPSA) is 20.3 Å². The molecular formula is C11H13NOY-2. The van der Waals surface area contributed by atoms with E-state index >= 15 is 0 Å². The maximum atomic E-state index is 10.9. The van der Waals surface area contributed by atoms with E-state index in [1.165, 1.54) is 10.5 Å². The van der Waals surface area contributed by atoms with Gasteiger partial charge in [-0.05, 0) is 0 Å². The van der Waals surface area contributed by atoms with Crippen molar-refractivity contribution in [2.75, 3.05) is 11.9 Å². The minimum Gasteiger partial charge on any atom is -0.364 e. The molecular weight excluding hydrogens is 251 g/mol. The van der Waals surface area contributed by atoms with Gasteiger partial charge in [-0.15, -0.1) is 6.07 Å². The first-order valence-corrected chi connectivity index (χ1v) is 4.11. The van der Waals surface area contributed by atoms with Gasteiger partial charge in [-0.25, -0.2) is 0 Å². The maximum absolute atomic E-state index is 10.9. The van der Waals surface area contributed by atoms with Gasteiger partial charge in [0.25, 0.3) is 0 Å². The van der Waals surface area contributed by atoms with Crippen LogP contribution in [0.4, 0.5) is 5.69 Å². The fourth-order valence-electron chi connectivity index (χ4n) is 0.985. The number of carbonyl (C=O) groups is 1. The van der Waals surface area contributed by atoms with E-state index in [1.807, 2.05) is 26.0 Å². The number of nitrogens with zero attached hydrogens (tertiary/aromatic N) is 1. The van der Waals surface area contributed by atoms with Crippen LogP contribution in [0, 0.1) is 26.8 Å². The van der Waals surface area contributed by atoms with Crippen molar-refractivity contribution < 1.29 is 37.5 Å². The summed E-state index contributed by atoms with van der Waals surface area (Å²) < 4.78 is 0. The van der Waals surface area contributed by atoms with E-state index in [9.17, 15) is 4.79 Å². The number of benzene rings is 1. The third-order valence-corrected chi connectivity index (χ3v) is 2.15. The van der Waals surface area contributed by atoms with Crippen molar-refractivity contribution in [2.45, 2.75) is 13.8 Å². The van der Waals surface area contributed by atoms with Gasteiger partial charge in [-0.3, -0.25) is 0 Å². The predicted molar refractivity (Wildman–Crippen MR) is 53.5 cm³/mol. The molecule has 73 valence electrons. The molecule has 2 nitrogen and oxygen atoms in total. The summed E-state index contributed by atoms with van der Waals surface area (Å²) in [7, 11) is 1.69. The Morgan fingerprint density at radius 2 is 2.00 bits per heavy atom. The predicted octanol–water partition coefficient (Wildman–Crippen LogP) is 1.90. The standard InChI is InChI=1S/C11H13NO.Y/c1-8-5-6-11(7-9(8)2)12(4)10(3)13;/h5,7H,3H2,1-2,4H3;/q-2;. The number of anilines is 1. The van der Waals surface area contributed by atoms with Crippen LogP contribution in [-0.2, 0) is 37.5 Å². The van der Waals surface area contributed by atoms with Gasteiger partial charge in [0.15, 0.2) is 0 Å². The molecule has 0 N–H and O–H groups in total. The van der Waals surface area contributed by atoms with E-state index in [2.05, 4.69) is 13.0 Å². The minimum atomic E-state index is -0.223. The van der Waals surface area contributed by atoms with E-state index in [-0.39, 0.29) is 38.6 Å². The summed E-state index contributed by atoms with van der Waals surface area (Å²) in [6.45, 7) is 7.36. The van der Waals surface area contributed by atoms with Gasteiger partial charge in [0.1, 0.15) is 0 Å². The van der Waals surface area contributed by atoms with Gasteiger partial charge in [-0.1, -0.05) is 19.5 Å². The van der Waals surface area contributed by atoms with Gasteiger partial charge >= 0.3 is 0 Å². The molecule has 0 atom stereocenters. The van der Waals surface area contributed by atoms with Crippen LogP contribution in [0.2, 0.25) is 0 Å². The molecule has 0 aliphatic rings. The number of amides is 1. The molecule has 14 heavy (non-hydrogen) atoms. The Morgan fingerprint density at radius 1 is 1.43 bits per heavy atom. The average molecular weight is 264 g/mol. The van der Waals surface area contributed by atoms with Gasteiger partial charge in [0.2, 0.25) is 0 Å². The molecule has 0 aromatic heterocycles. The van der Waals surface area contributed by atoms with Crippen LogP contribution in [0.3, 0.4) is 0 Å². The SMILES string of the molecule is [CH2-]C(=O)N(C)c1[c-]cc(C)c(C)c1.[Y]. The summed E-state index contributed by atoms with van der Waals surface area (Å²) in [5, 5.41) is 0. The fraction of sp³-hybridized carbons (Fsp3) is 0.273. The summed E-state index contributed by atoms with van der Waals surface area (Å²) in [6.07, 6.45) is 0. The van der Waals surface area contributed by atoms with E-state index in [1.54, 1.807) is 7.05 Å². The number of hydrogen-bond donors (Lipinski definition) is 0. The molecule has 1 aromatic carbocycles. The quantitative estimate of drug-likeness (QED) is 0.709. The first-order chi connectivity index (χ1) is 6.02. The molecule has 3 heteroatoms. The molecule has 0 unspecified atom stereocenters. The van der Waals surface area contributed by atoms with Crippen molar-refractivity contribution in [3.63, 3.8) is 0 Å². The van der Waals surface area contributed by atoms with Gasteiger partial charge in [0, 0.05) is 39.8 Å². The molecule has 0 aliphatic heterocycles. The molecule has 1 rings (SSSR count). The van der Waals surface area contributed by atoms with Crippen LogP contribution in [0.25, 0.3) is 0 Å². The Morgan fingerprint density at radius 3 is 2.43 bits per heavy atom. The van der Waals surface area contributed by atoms with Crippen molar-refractivity contribution >= 4 is 11.6 Å². The van der Waals surface area contributed by atoms with Gasteiger partial charge in [0.05, 0.1) is 5.91 Å². The van der Waals surface area contributed by atoms with Crippen LogP contribution < -0.4 is 4.90 Å². The number of hydrogen-bond acceptors (Lipinski definition) is 1. The van der Waals surface area contributed by atoms with E-state index < -0.39 is 0 Å². The number of rotatable bonds is 1. The Bertz CT molecular complexity index is 336. The largest absolute Gasteiger partial charge is 0.364 e. The normalized spacial score (nSPS) is 9.07. The summed E-state index contributed by atoms with van der Waals surface area (Å²) >= 11 is 0. The first kappa shape index (κ1) is 13.7. The van der Waals surface area contributed by atoms with Crippen molar-refractivity contribution in [1.82, 2.24) is 0 Å². The summed E-state index contributed by atoms with van der Waals surface area (Å²) in [5.74, 6) is -0.223. The molecule has 1 amide bonds. The van der Waals surface area contributed by atoms with Crippen LogP contribution in [0.1, 0.15) is 11.1 Å². The molecule has 0 fully saturated rings. The second-order valence-corrected chi connectivity index (χ2v) is 3.14. The van der Waals surface area contributed by atoms with E-state index in [4.69, 9.17) is 0 Å². The molecule has 0 heterocycles. The molecule has 0 bridgehead atoms. The molecule has 0 saturated heterocycles. The second-order valence-electron chi connectivity index (χ2n) is 3.14. The number of carbonyl (C=O) groups excluding carboxylic acids is 1. The Labute approximate surface area is 111 Å². The van der Waals surface area contributed by atoms with E-state index in [0.29, 0.717) is 0 Å². The zero-order valence-electron chi connectivity index (χ0n) is 8.79. The van der Waals surface area contributed by atoms with Crippen LogP contribution in [0.15, 0.2) is 12.1 Å². The third-order valence-electron chi connectivity index (χ3n) is 2.15. The molecule has 0 spiro atoms. The van der Waals surface area contributed by atoms with Crippen molar-refractivity contribution in [3.05, 3.63) is 36.2 Å². The molecule has 0 saturated carbocycles. The molecule has 0 aliphatic carbocycles. The van der Waals surface area contributed by atoms with Crippen molar-refractivity contribution in [1.29, 1.82) is 0 Å². The Balaban J connectivity index is 0.00000169. The zero-order valence-corrected chi connectivity index (χ0v) is 11.6. The van der Waals surface area contributed by atoms with E-state index in [0.717, 1.165) is 11.3 Å². The Hall–Kier alpha value is -0.336. The fourth-order valence-corrected chi connectivity index (χ4v) is 0.985. The minimum absolute atomic E-state index is 0. The van der Waals surface area contributed by atoms with Gasteiger partial charge in [-0.2, -0.15) is 23.3 Å². The zero-order chi connectivity index (χ0) is 10.0. The first-order valence-electron chi connectivity index (χ1n) is 4.11. The van der Waals surface area contributed by atoms with Crippen LogP contribution >= 0.6 is 0 Å².